The average Bonchev–Trinajstić information content (AvgIpc) is 2.85. The molecule has 0 unspecified atom stereocenters. The Hall–Kier alpha value is -1.93. The van der Waals surface area contributed by atoms with Crippen molar-refractivity contribution in [3.63, 3.8) is 0 Å². The second-order valence-electron chi connectivity index (χ2n) is 4.71. The second kappa shape index (κ2) is 4.98. The van der Waals surface area contributed by atoms with Crippen LogP contribution in [0.1, 0.15) is 20.8 Å². The SMILES string of the molecule is Cc1ccsc1C(=O)Cc1ccc2ccccc2c1. The van der Waals surface area contributed by atoms with Crippen molar-refractivity contribution < 1.29 is 4.79 Å². The van der Waals surface area contributed by atoms with Crippen LogP contribution in [0.4, 0.5) is 0 Å². The lowest BCUT2D eigenvalue weighted by Crippen LogP contribution is -2.02. The smallest absolute Gasteiger partial charge is 0.177 e. The predicted octanol–water partition coefficient (Wildman–Crippen LogP) is 4.64. The number of carbonyl (C=O) groups is 1. The van der Waals surface area contributed by atoms with Gasteiger partial charge in [-0.25, -0.2) is 0 Å². The fraction of sp³-hybridized carbons (Fsp3) is 0.118. The molecule has 3 aromatic rings. The molecule has 0 aliphatic rings. The molecule has 1 heterocycles. The molecule has 0 N–H and O–H groups in total. The third-order valence-corrected chi connectivity index (χ3v) is 4.35. The monoisotopic (exact) mass is 266 g/mol. The Labute approximate surface area is 116 Å². The minimum atomic E-state index is 0.211. The molecule has 0 spiro atoms. The molecule has 2 heteroatoms. The second-order valence-corrected chi connectivity index (χ2v) is 5.63. The molecule has 0 fully saturated rings. The molecule has 2 aromatic carbocycles. The summed E-state index contributed by atoms with van der Waals surface area (Å²) in [7, 11) is 0. The highest BCUT2D eigenvalue weighted by molar-refractivity contribution is 7.12. The van der Waals surface area contributed by atoms with Crippen molar-refractivity contribution in [3.05, 3.63) is 69.9 Å². The maximum Gasteiger partial charge on any atom is 0.177 e. The lowest BCUT2D eigenvalue weighted by Gasteiger charge is -2.03. The summed E-state index contributed by atoms with van der Waals surface area (Å²) in [6.45, 7) is 1.99. The van der Waals surface area contributed by atoms with Gasteiger partial charge >= 0.3 is 0 Å². The molecular formula is C17H14OS. The number of benzene rings is 2. The minimum absolute atomic E-state index is 0.211. The number of Topliss-reactive ketones (excluding diaryl/α,β-unsaturated/α-hetero) is 1. The van der Waals surface area contributed by atoms with Gasteiger partial charge in [0.15, 0.2) is 5.78 Å². The van der Waals surface area contributed by atoms with Crippen molar-refractivity contribution in [2.24, 2.45) is 0 Å². The molecule has 0 bridgehead atoms. The van der Waals surface area contributed by atoms with Crippen LogP contribution in [0, 0.1) is 6.92 Å². The Balaban J connectivity index is 1.89. The molecule has 1 aromatic heterocycles. The Morgan fingerprint density at radius 2 is 1.84 bits per heavy atom. The average molecular weight is 266 g/mol. The van der Waals surface area contributed by atoms with E-state index in [1.807, 2.05) is 36.6 Å². The van der Waals surface area contributed by atoms with Crippen LogP contribution in [0.5, 0.6) is 0 Å². The predicted molar refractivity (Wildman–Crippen MR) is 81.0 cm³/mol. The third-order valence-electron chi connectivity index (χ3n) is 3.29. The highest BCUT2D eigenvalue weighted by atomic mass is 32.1. The van der Waals surface area contributed by atoms with E-state index in [0.29, 0.717) is 6.42 Å². The molecule has 0 radical (unpaired) electrons. The molecule has 19 heavy (non-hydrogen) atoms. The van der Waals surface area contributed by atoms with Gasteiger partial charge in [0.25, 0.3) is 0 Å². The van der Waals surface area contributed by atoms with Gasteiger partial charge in [-0.15, -0.1) is 11.3 Å². The van der Waals surface area contributed by atoms with E-state index < -0.39 is 0 Å². The molecule has 0 atom stereocenters. The van der Waals surface area contributed by atoms with Gasteiger partial charge in [0.2, 0.25) is 0 Å². The van der Waals surface area contributed by atoms with Crippen molar-refractivity contribution in [1.82, 2.24) is 0 Å². The van der Waals surface area contributed by atoms with Crippen LogP contribution < -0.4 is 0 Å². The Kier molecular flexibility index (Phi) is 3.18. The van der Waals surface area contributed by atoms with E-state index in [2.05, 4.69) is 24.3 Å². The zero-order valence-electron chi connectivity index (χ0n) is 10.7. The lowest BCUT2D eigenvalue weighted by atomic mass is 10.0. The maximum atomic E-state index is 12.2. The van der Waals surface area contributed by atoms with Crippen molar-refractivity contribution in [2.75, 3.05) is 0 Å². The van der Waals surface area contributed by atoms with Crippen molar-refractivity contribution in [2.45, 2.75) is 13.3 Å². The molecule has 3 rings (SSSR count). The number of thiophene rings is 1. The molecule has 94 valence electrons. The summed E-state index contributed by atoms with van der Waals surface area (Å²) in [4.78, 5) is 13.1. The van der Waals surface area contributed by atoms with E-state index in [0.717, 1.165) is 16.0 Å². The van der Waals surface area contributed by atoms with E-state index in [1.165, 1.54) is 22.1 Å². The number of fused-ring (bicyclic) bond motifs is 1. The third kappa shape index (κ3) is 2.45. The zero-order chi connectivity index (χ0) is 13.2. The Morgan fingerprint density at radius 3 is 2.58 bits per heavy atom. The largest absolute Gasteiger partial charge is 0.293 e. The standard InChI is InChI=1S/C17H14OS/c1-12-8-9-19-17(12)16(18)11-13-6-7-14-4-2-3-5-15(14)10-13/h2-10H,11H2,1H3. The van der Waals surface area contributed by atoms with Crippen LogP contribution >= 0.6 is 11.3 Å². The van der Waals surface area contributed by atoms with Crippen molar-refractivity contribution in [3.8, 4) is 0 Å². The van der Waals surface area contributed by atoms with E-state index in [4.69, 9.17) is 0 Å². The highest BCUT2D eigenvalue weighted by Crippen LogP contribution is 2.20. The number of carbonyl (C=O) groups excluding carboxylic acids is 1. The summed E-state index contributed by atoms with van der Waals surface area (Å²) >= 11 is 1.53. The van der Waals surface area contributed by atoms with Crippen LogP contribution in [0.2, 0.25) is 0 Å². The zero-order valence-corrected chi connectivity index (χ0v) is 11.5. The van der Waals surface area contributed by atoms with E-state index in [-0.39, 0.29) is 5.78 Å². The molecule has 0 saturated carbocycles. The van der Waals surface area contributed by atoms with E-state index in [1.54, 1.807) is 0 Å². The summed E-state index contributed by atoms with van der Waals surface area (Å²) in [6.07, 6.45) is 0.478. The Bertz CT molecular complexity index is 740. The van der Waals surface area contributed by atoms with E-state index >= 15 is 0 Å². The number of aryl methyl sites for hydroxylation is 1. The van der Waals surface area contributed by atoms with Crippen LogP contribution in [0.25, 0.3) is 10.8 Å². The Morgan fingerprint density at radius 1 is 1.05 bits per heavy atom. The summed E-state index contributed by atoms with van der Waals surface area (Å²) in [5.41, 5.74) is 2.16. The quantitative estimate of drug-likeness (QED) is 0.631. The molecule has 0 saturated heterocycles. The van der Waals surface area contributed by atoms with Crippen LogP contribution in [-0.2, 0) is 6.42 Å². The van der Waals surface area contributed by atoms with Gasteiger partial charge in [-0.1, -0.05) is 42.5 Å². The minimum Gasteiger partial charge on any atom is -0.293 e. The fourth-order valence-corrected chi connectivity index (χ4v) is 3.14. The van der Waals surface area contributed by atoms with Crippen molar-refractivity contribution >= 4 is 27.9 Å². The topological polar surface area (TPSA) is 17.1 Å². The molecule has 0 aliphatic carbocycles. The van der Waals surface area contributed by atoms with Gasteiger partial charge in [0.1, 0.15) is 0 Å². The first kappa shape index (κ1) is 12.1. The highest BCUT2D eigenvalue weighted by Gasteiger charge is 2.11. The molecule has 0 amide bonds. The van der Waals surface area contributed by atoms with Gasteiger partial charge in [-0.3, -0.25) is 4.79 Å². The normalized spacial score (nSPS) is 10.8. The summed E-state index contributed by atoms with van der Waals surface area (Å²) in [5.74, 6) is 0.211. The van der Waals surface area contributed by atoms with Crippen LogP contribution in [0.3, 0.4) is 0 Å². The number of hydrogen-bond acceptors (Lipinski definition) is 2. The number of hydrogen-bond donors (Lipinski definition) is 0. The van der Waals surface area contributed by atoms with Gasteiger partial charge in [0.05, 0.1) is 4.88 Å². The van der Waals surface area contributed by atoms with Gasteiger partial charge < -0.3 is 0 Å². The van der Waals surface area contributed by atoms with Gasteiger partial charge in [-0.2, -0.15) is 0 Å². The van der Waals surface area contributed by atoms with Gasteiger partial charge in [-0.05, 0) is 40.3 Å². The van der Waals surface area contributed by atoms with Crippen LogP contribution in [-0.4, -0.2) is 5.78 Å². The molecule has 1 nitrogen and oxygen atoms in total. The van der Waals surface area contributed by atoms with Gasteiger partial charge in [0, 0.05) is 6.42 Å². The lowest BCUT2D eigenvalue weighted by molar-refractivity contribution is 0.0996. The summed E-state index contributed by atoms with van der Waals surface area (Å²) in [5, 5.41) is 4.38. The maximum absolute atomic E-state index is 12.2. The summed E-state index contributed by atoms with van der Waals surface area (Å²) in [6, 6.07) is 16.5. The molecule has 0 aliphatic heterocycles. The van der Waals surface area contributed by atoms with E-state index in [9.17, 15) is 4.79 Å². The van der Waals surface area contributed by atoms with Crippen molar-refractivity contribution in [1.29, 1.82) is 0 Å². The number of ketones is 1. The number of rotatable bonds is 3. The van der Waals surface area contributed by atoms with Crippen LogP contribution in [0.15, 0.2) is 53.9 Å². The fourth-order valence-electron chi connectivity index (χ4n) is 2.27. The first-order valence-electron chi connectivity index (χ1n) is 6.29. The molecular weight excluding hydrogens is 252 g/mol. The summed E-state index contributed by atoms with van der Waals surface area (Å²) < 4.78 is 0. The first-order chi connectivity index (χ1) is 9.24. The first-order valence-corrected chi connectivity index (χ1v) is 7.17.